The average molecular weight is 355 g/mol. The van der Waals surface area contributed by atoms with Crippen molar-refractivity contribution in [1.29, 1.82) is 0 Å². The standard InChI is InChI=1S/C16H23BrN2O2/c1-21-10-9-19(12-15-3-2-8-18-15)16(20)11-13-4-6-14(17)7-5-13/h4-7,15,18H,2-3,8-12H2,1H3. The molecule has 1 saturated heterocycles. The third-order valence-electron chi connectivity index (χ3n) is 3.79. The lowest BCUT2D eigenvalue weighted by Gasteiger charge is -2.26. The second-order valence-electron chi connectivity index (χ2n) is 5.43. The van der Waals surface area contributed by atoms with Crippen LogP contribution in [0, 0.1) is 0 Å². The van der Waals surface area contributed by atoms with Crippen molar-refractivity contribution in [3.05, 3.63) is 34.3 Å². The van der Waals surface area contributed by atoms with Crippen LogP contribution < -0.4 is 5.32 Å². The lowest BCUT2D eigenvalue weighted by molar-refractivity contribution is -0.131. The maximum atomic E-state index is 12.5. The van der Waals surface area contributed by atoms with Crippen LogP contribution in [0.15, 0.2) is 28.7 Å². The summed E-state index contributed by atoms with van der Waals surface area (Å²) in [6.45, 7) is 3.07. The first-order valence-corrected chi connectivity index (χ1v) is 8.23. The van der Waals surface area contributed by atoms with E-state index in [9.17, 15) is 4.79 Å². The topological polar surface area (TPSA) is 41.6 Å². The zero-order valence-electron chi connectivity index (χ0n) is 12.5. The molecule has 21 heavy (non-hydrogen) atoms. The fourth-order valence-corrected chi connectivity index (χ4v) is 2.85. The lowest BCUT2D eigenvalue weighted by Crippen LogP contribution is -2.43. The molecule has 1 N–H and O–H groups in total. The fourth-order valence-electron chi connectivity index (χ4n) is 2.59. The normalized spacial score (nSPS) is 17.9. The van der Waals surface area contributed by atoms with Crippen LogP contribution in [0.2, 0.25) is 0 Å². The summed E-state index contributed by atoms with van der Waals surface area (Å²) in [6.07, 6.45) is 2.79. The van der Waals surface area contributed by atoms with Gasteiger partial charge in [-0.25, -0.2) is 0 Å². The first kappa shape index (κ1) is 16.5. The number of benzene rings is 1. The predicted molar refractivity (Wildman–Crippen MR) is 87.3 cm³/mol. The molecule has 0 radical (unpaired) electrons. The van der Waals surface area contributed by atoms with Gasteiger partial charge in [0.1, 0.15) is 0 Å². The molecule has 1 aliphatic rings. The Balaban J connectivity index is 1.93. The molecule has 0 spiro atoms. The fraction of sp³-hybridized carbons (Fsp3) is 0.562. The van der Waals surface area contributed by atoms with E-state index in [0.29, 0.717) is 25.6 Å². The first-order chi connectivity index (χ1) is 10.2. The Morgan fingerprint density at radius 1 is 1.43 bits per heavy atom. The van der Waals surface area contributed by atoms with Crippen molar-refractivity contribution in [2.24, 2.45) is 0 Å². The Hall–Kier alpha value is -0.910. The molecular weight excluding hydrogens is 332 g/mol. The summed E-state index contributed by atoms with van der Waals surface area (Å²) in [5, 5.41) is 3.45. The van der Waals surface area contributed by atoms with Gasteiger partial charge in [-0.2, -0.15) is 0 Å². The van der Waals surface area contributed by atoms with E-state index in [1.807, 2.05) is 29.2 Å². The molecule has 116 valence electrons. The molecular formula is C16H23BrN2O2. The van der Waals surface area contributed by atoms with Gasteiger partial charge >= 0.3 is 0 Å². The second-order valence-corrected chi connectivity index (χ2v) is 6.34. The number of amides is 1. The van der Waals surface area contributed by atoms with E-state index in [1.165, 1.54) is 6.42 Å². The Kier molecular flexibility index (Phi) is 6.67. The highest BCUT2D eigenvalue weighted by Crippen LogP contribution is 2.13. The van der Waals surface area contributed by atoms with Gasteiger partial charge in [0.15, 0.2) is 0 Å². The minimum atomic E-state index is 0.170. The molecule has 1 unspecified atom stereocenters. The van der Waals surface area contributed by atoms with Gasteiger partial charge < -0.3 is 15.0 Å². The molecule has 0 aliphatic carbocycles. The molecule has 4 nitrogen and oxygen atoms in total. The first-order valence-electron chi connectivity index (χ1n) is 7.43. The average Bonchev–Trinajstić information content (AvgIpc) is 2.98. The van der Waals surface area contributed by atoms with E-state index in [-0.39, 0.29) is 5.91 Å². The monoisotopic (exact) mass is 354 g/mol. The largest absolute Gasteiger partial charge is 0.383 e. The molecule has 1 aliphatic heterocycles. The lowest BCUT2D eigenvalue weighted by atomic mass is 10.1. The quantitative estimate of drug-likeness (QED) is 0.816. The number of nitrogens with one attached hydrogen (secondary N) is 1. The minimum absolute atomic E-state index is 0.170. The van der Waals surface area contributed by atoms with Crippen molar-refractivity contribution in [3.8, 4) is 0 Å². The number of rotatable bonds is 7. The van der Waals surface area contributed by atoms with Crippen LogP contribution in [0.1, 0.15) is 18.4 Å². The molecule has 0 saturated carbocycles. The SMILES string of the molecule is COCCN(CC1CCCN1)C(=O)Cc1ccc(Br)cc1. The Morgan fingerprint density at radius 3 is 2.81 bits per heavy atom. The van der Waals surface area contributed by atoms with Crippen LogP contribution >= 0.6 is 15.9 Å². The molecule has 1 aromatic rings. The van der Waals surface area contributed by atoms with Crippen molar-refractivity contribution in [1.82, 2.24) is 10.2 Å². The molecule has 1 fully saturated rings. The van der Waals surface area contributed by atoms with Crippen molar-refractivity contribution in [3.63, 3.8) is 0 Å². The van der Waals surface area contributed by atoms with Crippen LogP contribution in [0.25, 0.3) is 0 Å². The number of hydrogen-bond acceptors (Lipinski definition) is 3. The Bertz CT molecular complexity index is 444. The highest BCUT2D eigenvalue weighted by molar-refractivity contribution is 9.10. The van der Waals surface area contributed by atoms with Crippen molar-refractivity contribution >= 4 is 21.8 Å². The maximum Gasteiger partial charge on any atom is 0.227 e. The van der Waals surface area contributed by atoms with Gasteiger partial charge in [-0.1, -0.05) is 28.1 Å². The number of hydrogen-bond donors (Lipinski definition) is 1. The van der Waals surface area contributed by atoms with Crippen molar-refractivity contribution in [2.45, 2.75) is 25.3 Å². The molecule has 1 aromatic carbocycles. The van der Waals surface area contributed by atoms with E-state index in [1.54, 1.807) is 7.11 Å². The summed E-state index contributed by atoms with van der Waals surface area (Å²) < 4.78 is 6.16. The van der Waals surface area contributed by atoms with Crippen LogP contribution in [0.3, 0.4) is 0 Å². The molecule has 2 rings (SSSR count). The minimum Gasteiger partial charge on any atom is -0.383 e. The summed E-state index contributed by atoms with van der Waals surface area (Å²) in [6, 6.07) is 8.35. The Morgan fingerprint density at radius 2 is 2.19 bits per heavy atom. The van der Waals surface area contributed by atoms with E-state index in [4.69, 9.17) is 4.74 Å². The number of carbonyl (C=O) groups is 1. The summed E-state index contributed by atoms with van der Waals surface area (Å²) in [5.74, 6) is 0.170. The summed E-state index contributed by atoms with van der Waals surface area (Å²) in [4.78, 5) is 14.4. The van der Waals surface area contributed by atoms with E-state index in [0.717, 1.165) is 29.5 Å². The van der Waals surface area contributed by atoms with E-state index >= 15 is 0 Å². The molecule has 1 heterocycles. The van der Waals surface area contributed by atoms with Crippen LogP contribution in [-0.4, -0.2) is 50.2 Å². The summed E-state index contributed by atoms with van der Waals surface area (Å²) in [7, 11) is 1.67. The van der Waals surface area contributed by atoms with Crippen molar-refractivity contribution in [2.75, 3.05) is 33.4 Å². The number of carbonyl (C=O) groups excluding carboxylic acids is 1. The van der Waals surface area contributed by atoms with E-state index in [2.05, 4.69) is 21.2 Å². The predicted octanol–water partition coefficient (Wildman–Crippen LogP) is 2.22. The van der Waals surface area contributed by atoms with Gasteiger partial charge in [0, 0.05) is 30.7 Å². The number of methoxy groups -OCH3 is 1. The third-order valence-corrected chi connectivity index (χ3v) is 4.32. The molecule has 0 bridgehead atoms. The Labute approximate surface area is 135 Å². The van der Waals surface area contributed by atoms with Crippen LogP contribution in [0.4, 0.5) is 0 Å². The highest BCUT2D eigenvalue weighted by atomic mass is 79.9. The molecule has 1 amide bonds. The van der Waals surface area contributed by atoms with Crippen LogP contribution in [0.5, 0.6) is 0 Å². The zero-order valence-corrected chi connectivity index (χ0v) is 14.1. The number of halogens is 1. The van der Waals surface area contributed by atoms with Gasteiger partial charge in [0.25, 0.3) is 0 Å². The second kappa shape index (κ2) is 8.51. The van der Waals surface area contributed by atoms with Crippen molar-refractivity contribution < 1.29 is 9.53 Å². The number of nitrogens with zero attached hydrogens (tertiary/aromatic N) is 1. The third kappa shape index (κ3) is 5.41. The van der Waals surface area contributed by atoms with Gasteiger partial charge in [0.05, 0.1) is 13.0 Å². The number of ether oxygens (including phenoxy) is 1. The highest BCUT2D eigenvalue weighted by Gasteiger charge is 2.21. The summed E-state index contributed by atoms with van der Waals surface area (Å²) in [5.41, 5.74) is 1.05. The molecule has 0 aromatic heterocycles. The van der Waals surface area contributed by atoms with Crippen LogP contribution in [-0.2, 0) is 16.0 Å². The summed E-state index contributed by atoms with van der Waals surface area (Å²) >= 11 is 3.41. The van der Waals surface area contributed by atoms with Gasteiger partial charge in [0.2, 0.25) is 5.91 Å². The van der Waals surface area contributed by atoms with E-state index < -0.39 is 0 Å². The van der Waals surface area contributed by atoms with Gasteiger partial charge in [-0.15, -0.1) is 0 Å². The maximum absolute atomic E-state index is 12.5. The van der Waals surface area contributed by atoms with Gasteiger partial charge in [-0.05, 0) is 37.1 Å². The molecule has 5 heteroatoms. The molecule has 1 atom stereocenters. The zero-order chi connectivity index (χ0) is 15.1. The van der Waals surface area contributed by atoms with Gasteiger partial charge in [-0.3, -0.25) is 4.79 Å². The smallest absolute Gasteiger partial charge is 0.227 e.